The number of primary amides is 1. The Morgan fingerprint density at radius 2 is 1.79 bits per heavy atom. The first-order valence-corrected chi connectivity index (χ1v) is 9.06. The molecule has 8 heteroatoms. The molecular formula is C21H16N6O2. The zero-order valence-electron chi connectivity index (χ0n) is 15.2. The van der Waals surface area contributed by atoms with E-state index in [1.165, 1.54) is 12.1 Å². The molecule has 0 bridgehead atoms. The maximum atomic E-state index is 11.4. The molecular weight excluding hydrogens is 368 g/mol. The monoisotopic (exact) mass is 384 g/mol. The largest absolute Gasteiger partial charge is 0.507 e. The van der Waals surface area contributed by atoms with Crippen LogP contribution in [0.25, 0.3) is 0 Å². The highest BCUT2D eigenvalue weighted by atomic mass is 16.3. The highest BCUT2D eigenvalue weighted by Gasteiger charge is 2.36. The fourth-order valence-electron chi connectivity index (χ4n) is 3.65. The predicted molar refractivity (Wildman–Crippen MR) is 108 cm³/mol. The minimum atomic E-state index is -0.726. The predicted octanol–water partition coefficient (Wildman–Crippen LogP) is 4.78. The third kappa shape index (κ3) is 2.91. The Morgan fingerprint density at radius 3 is 2.62 bits per heavy atom. The summed E-state index contributed by atoms with van der Waals surface area (Å²) >= 11 is 0. The SMILES string of the molecule is NC(=O)c1cc(N=Nc2ccc3c(c2)N2C(=CC4C=CC=CC42)N=N3)ccc1O. The Bertz CT molecular complexity index is 1180. The molecule has 2 heterocycles. The molecule has 1 aliphatic carbocycles. The number of fused-ring (bicyclic) bond motifs is 5. The van der Waals surface area contributed by atoms with Crippen LogP contribution in [0.1, 0.15) is 10.4 Å². The molecule has 0 fully saturated rings. The van der Waals surface area contributed by atoms with E-state index in [2.05, 4.69) is 43.6 Å². The minimum Gasteiger partial charge on any atom is -0.507 e. The van der Waals surface area contributed by atoms with Crippen LogP contribution in [-0.2, 0) is 0 Å². The molecule has 29 heavy (non-hydrogen) atoms. The van der Waals surface area contributed by atoms with Gasteiger partial charge in [-0.05, 0) is 42.5 Å². The van der Waals surface area contributed by atoms with Crippen molar-refractivity contribution in [2.45, 2.75) is 6.04 Å². The van der Waals surface area contributed by atoms with Crippen molar-refractivity contribution < 1.29 is 9.90 Å². The number of rotatable bonds is 3. The average molecular weight is 384 g/mol. The molecule has 0 saturated heterocycles. The second kappa shape index (κ2) is 6.52. The molecule has 2 aromatic rings. The molecule has 8 nitrogen and oxygen atoms in total. The van der Waals surface area contributed by atoms with Gasteiger partial charge >= 0.3 is 0 Å². The van der Waals surface area contributed by atoms with E-state index in [1.807, 2.05) is 24.3 Å². The number of benzene rings is 2. The molecule has 0 spiro atoms. The van der Waals surface area contributed by atoms with Gasteiger partial charge in [0.2, 0.25) is 0 Å². The lowest BCUT2D eigenvalue weighted by molar-refractivity contribution is 0.0998. The number of nitrogens with two attached hydrogens (primary N) is 1. The van der Waals surface area contributed by atoms with Crippen molar-refractivity contribution >= 4 is 28.7 Å². The van der Waals surface area contributed by atoms with Crippen molar-refractivity contribution in [3.63, 3.8) is 0 Å². The van der Waals surface area contributed by atoms with Gasteiger partial charge in [-0.3, -0.25) is 4.79 Å². The highest BCUT2D eigenvalue weighted by molar-refractivity contribution is 5.96. The van der Waals surface area contributed by atoms with Gasteiger partial charge in [0.25, 0.3) is 5.91 Å². The number of carbonyl (C=O) groups excluding carboxylic acids is 1. The first-order chi connectivity index (χ1) is 14.1. The van der Waals surface area contributed by atoms with Gasteiger partial charge < -0.3 is 15.7 Å². The van der Waals surface area contributed by atoms with E-state index in [0.29, 0.717) is 11.4 Å². The fourth-order valence-corrected chi connectivity index (χ4v) is 3.65. The molecule has 2 atom stereocenters. The third-order valence-corrected chi connectivity index (χ3v) is 5.04. The van der Waals surface area contributed by atoms with Crippen molar-refractivity contribution in [2.24, 2.45) is 32.1 Å². The Kier molecular flexibility index (Phi) is 3.83. The van der Waals surface area contributed by atoms with Crippen LogP contribution >= 0.6 is 0 Å². The smallest absolute Gasteiger partial charge is 0.252 e. The van der Waals surface area contributed by atoms with Crippen LogP contribution in [0.3, 0.4) is 0 Å². The first-order valence-electron chi connectivity index (χ1n) is 9.06. The van der Waals surface area contributed by atoms with Gasteiger partial charge in [0.05, 0.1) is 28.7 Å². The second-order valence-electron chi connectivity index (χ2n) is 6.87. The number of allylic oxidation sites excluding steroid dienone is 2. The van der Waals surface area contributed by atoms with Crippen molar-refractivity contribution in [1.82, 2.24) is 0 Å². The summed E-state index contributed by atoms with van der Waals surface area (Å²) in [5.74, 6) is 0.168. The normalized spacial score (nSPS) is 21.1. The van der Waals surface area contributed by atoms with Gasteiger partial charge in [0.1, 0.15) is 11.4 Å². The lowest BCUT2D eigenvalue weighted by atomic mass is 9.97. The molecule has 3 N–H and O–H groups in total. The molecule has 5 rings (SSSR count). The van der Waals surface area contributed by atoms with E-state index in [-0.39, 0.29) is 23.3 Å². The average Bonchev–Trinajstić information content (AvgIpc) is 3.12. The number of hydrogen-bond acceptors (Lipinski definition) is 7. The lowest BCUT2D eigenvalue weighted by Crippen LogP contribution is -2.33. The molecule has 142 valence electrons. The topological polar surface area (TPSA) is 116 Å². The number of azo groups is 2. The van der Waals surface area contributed by atoms with Crippen LogP contribution in [0, 0.1) is 5.92 Å². The number of amides is 1. The molecule has 2 aromatic carbocycles. The quantitative estimate of drug-likeness (QED) is 0.742. The van der Waals surface area contributed by atoms with Gasteiger partial charge in [-0.15, -0.1) is 10.2 Å². The van der Waals surface area contributed by atoms with Crippen molar-refractivity contribution in [3.8, 4) is 5.75 Å². The Balaban J connectivity index is 1.48. The number of anilines is 1. The molecule has 2 unspecified atom stereocenters. The fraction of sp³-hybridized carbons (Fsp3) is 0.0952. The van der Waals surface area contributed by atoms with Crippen LogP contribution in [0.4, 0.5) is 22.7 Å². The number of aromatic hydroxyl groups is 1. The maximum Gasteiger partial charge on any atom is 0.252 e. The molecule has 0 saturated carbocycles. The molecule has 0 aromatic heterocycles. The lowest BCUT2D eigenvalue weighted by Gasteiger charge is -2.31. The van der Waals surface area contributed by atoms with Crippen LogP contribution in [0.5, 0.6) is 5.75 Å². The standard InChI is InChI=1S/C21H16N6O2/c22-21(29)15-10-13(6-8-19(15)28)23-24-14-5-7-16-18(11-14)27-17-4-2-1-3-12(17)9-20(27)26-25-16/h1-12,17,28H,(H2,22,29). The Labute approximate surface area is 166 Å². The van der Waals surface area contributed by atoms with Gasteiger partial charge in [-0.2, -0.15) is 10.2 Å². The van der Waals surface area contributed by atoms with E-state index in [9.17, 15) is 9.90 Å². The zero-order valence-corrected chi connectivity index (χ0v) is 15.2. The summed E-state index contributed by atoms with van der Waals surface area (Å²) in [4.78, 5) is 13.5. The van der Waals surface area contributed by atoms with Crippen LogP contribution in [-0.4, -0.2) is 17.1 Å². The number of carbonyl (C=O) groups is 1. The van der Waals surface area contributed by atoms with Crippen molar-refractivity contribution in [3.05, 3.63) is 78.2 Å². The van der Waals surface area contributed by atoms with Gasteiger partial charge in [-0.25, -0.2) is 0 Å². The van der Waals surface area contributed by atoms with E-state index < -0.39 is 5.91 Å². The summed E-state index contributed by atoms with van der Waals surface area (Å²) in [7, 11) is 0. The van der Waals surface area contributed by atoms with Crippen molar-refractivity contribution in [2.75, 3.05) is 4.90 Å². The summed E-state index contributed by atoms with van der Waals surface area (Å²) in [5.41, 5.74) is 7.99. The van der Waals surface area contributed by atoms with Crippen molar-refractivity contribution in [1.29, 1.82) is 0 Å². The van der Waals surface area contributed by atoms with E-state index in [1.54, 1.807) is 12.1 Å². The summed E-state index contributed by atoms with van der Waals surface area (Å²) in [6.45, 7) is 0. The highest BCUT2D eigenvalue weighted by Crippen LogP contribution is 2.45. The van der Waals surface area contributed by atoms with E-state index in [4.69, 9.17) is 5.73 Å². The summed E-state index contributed by atoms with van der Waals surface area (Å²) in [6.07, 6.45) is 10.5. The van der Waals surface area contributed by atoms with Gasteiger partial charge in [-0.1, -0.05) is 24.3 Å². The molecule has 1 amide bonds. The maximum absolute atomic E-state index is 11.4. The van der Waals surface area contributed by atoms with Gasteiger partial charge in [0, 0.05) is 5.92 Å². The molecule has 3 aliphatic rings. The summed E-state index contributed by atoms with van der Waals surface area (Å²) < 4.78 is 0. The first kappa shape index (κ1) is 17.1. The second-order valence-corrected chi connectivity index (χ2v) is 6.87. The van der Waals surface area contributed by atoms with E-state index >= 15 is 0 Å². The number of hydrogen-bond donors (Lipinski definition) is 2. The molecule has 2 aliphatic heterocycles. The van der Waals surface area contributed by atoms with Crippen LogP contribution < -0.4 is 10.6 Å². The number of nitrogens with zero attached hydrogens (tertiary/aromatic N) is 5. The zero-order chi connectivity index (χ0) is 20.0. The summed E-state index contributed by atoms with van der Waals surface area (Å²) in [6, 6.07) is 10.1. The molecule has 0 radical (unpaired) electrons. The Morgan fingerprint density at radius 1 is 1.03 bits per heavy atom. The Hall–Kier alpha value is -4.07. The minimum absolute atomic E-state index is 0.00216. The van der Waals surface area contributed by atoms with E-state index in [0.717, 1.165) is 17.2 Å². The number of phenols is 1. The van der Waals surface area contributed by atoms with Crippen LogP contribution in [0.2, 0.25) is 0 Å². The summed E-state index contributed by atoms with van der Waals surface area (Å²) in [5, 5.41) is 26.8. The third-order valence-electron chi connectivity index (χ3n) is 5.04. The van der Waals surface area contributed by atoms with Crippen LogP contribution in [0.15, 0.2) is 93.1 Å². The van der Waals surface area contributed by atoms with Gasteiger partial charge in [0.15, 0.2) is 5.82 Å².